The van der Waals surface area contributed by atoms with Crippen LogP contribution in [-0.2, 0) is 4.32 Å². The SMILES string of the molecule is Cc1ccc(C(Br)(c2ccc(C)cc2)c2ccc(Br)cc2)cc1. The molecule has 3 aromatic rings. The highest BCUT2D eigenvalue weighted by molar-refractivity contribution is 9.10. The van der Waals surface area contributed by atoms with Gasteiger partial charge in [-0.2, -0.15) is 0 Å². The second-order valence-electron chi connectivity index (χ2n) is 5.90. The predicted molar refractivity (Wildman–Crippen MR) is 105 cm³/mol. The fourth-order valence-electron chi connectivity index (χ4n) is 2.75. The molecule has 3 aromatic carbocycles. The highest BCUT2D eigenvalue weighted by Gasteiger charge is 2.33. The van der Waals surface area contributed by atoms with Crippen LogP contribution in [0.1, 0.15) is 27.8 Å². The molecule has 0 aliphatic rings. The summed E-state index contributed by atoms with van der Waals surface area (Å²) in [5, 5.41) is 0. The van der Waals surface area contributed by atoms with Gasteiger partial charge in [0.15, 0.2) is 0 Å². The van der Waals surface area contributed by atoms with Gasteiger partial charge in [-0.05, 0) is 42.7 Å². The number of aryl methyl sites for hydroxylation is 2. The van der Waals surface area contributed by atoms with Crippen molar-refractivity contribution in [3.63, 3.8) is 0 Å². The van der Waals surface area contributed by atoms with E-state index >= 15 is 0 Å². The van der Waals surface area contributed by atoms with E-state index in [0.29, 0.717) is 0 Å². The predicted octanol–water partition coefficient (Wildman–Crippen LogP) is 6.75. The Kier molecular flexibility index (Phi) is 4.74. The van der Waals surface area contributed by atoms with E-state index in [1.807, 2.05) is 0 Å². The van der Waals surface area contributed by atoms with Crippen LogP contribution in [0, 0.1) is 13.8 Å². The number of rotatable bonds is 3. The summed E-state index contributed by atoms with van der Waals surface area (Å²) in [4.78, 5) is 0. The third-order valence-corrected chi connectivity index (χ3v) is 6.04. The number of hydrogen-bond acceptors (Lipinski definition) is 0. The van der Waals surface area contributed by atoms with Gasteiger partial charge in [-0.1, -0.05) is 104 Å². The second kappa shape index (κ2) is 6.62. The van der Waals surface area contributed by atoms with Gasteiger partial charge in [0.1, 0.15) is 4.32 Å². The van der Waals surface area contributed by atoms with Gasteiger partial charge < -0.3 is 0 Å². The number of alkyl halides is 1. The molecular formula is C21H18Br2. The number of halogens is 2. The molecule has 0 aliphatic heterocycles. The minimum absolute atomic E-state index is 0.352. The van der Waals surface area contributed by atoms with Gasteiger partial charge in [0.2, 0.25) is 0 Å². The zero-order valence-corrected chi connectivity index (χ0v) is 16.4. The first kappa shape index (κ1) is 16.5. The summed E-state index contributed by atoms with van der Waals surface area (Å²) in [5.41, 5.74) is 6.21. The van der Waals surface area contributed by atoms with Crippen LogP contribution in [-0.4, -0.2) is 0 Å². The summed E-state index contributed by atoms with van der Waals surface area (Å²) >= 11 is 7.60. The van der Waals surface area contributed by atoms with Crippen LogP contribution in [0.5, 0.6) is 0 Å². The Morgan fingerprint density at radius 1 is 0.565 bits per heavy atom. The van der Waals surface area contributed by atoms with Gasteiger partial charge in [0.25, 0.3) is 0 Å². The Morgan fingerprint density at radius 2 is 0.870 bits per heavy atom. The Bertz CT molecular complexity index is 674. The standard InChI is InChI=1S/C21H18Br2/c1-15-3-7-17(8-4-15)21(23,18-9-5-16(2)6-10-18)19-11-13-20(22)14-12-19/h3-14H,1-2H3. The molecule has 0 amide bonds. The van der Waals surface area contributed by atoms with Gasteiger partial charge in [0.05, 0.1) is 0 Å². The van der Waals surface area contributed by atoms with E-state index in [4.69, 9.17) is 0 Å². The molecule has 0 bridgehead atoms. The van der Waals surface area contributed by atoms with E-state index in [9.17, 15) is 0 Å². The summed E-state index contributed by atoms with van der Waals surface area (Å²) in [5.74, 6) is 0. The van der Waals surface area contributed by atoms with E-state index < -0.39 is 0 Å². The van der Waals surface area contributed by atoms with Crippen molar-refractivity contribution in [2.24, 2.45) is 0 Å². The van der Waals surface area contributed by atoms with Crippen molar-refractivity contribution in [1.29, 1.82) is 0 Å². The number of benzene rings is 3. The Morgan fingerprint density at radius 3 is 1.22 bits per heavy atom. The summed E-state index contributed by atoms with van der Waals surface area (Å²) < 4.78 is 0.735. The molecule has 0 fully saturated rings. The van der Waals surface area contributed by atoms with Crippen molar-refractivity contribution in [1.82, 2.24) is 0 Å². The molecule has 0 spiro atoms. The van der Waals surface area contributed by atoms with Crippen molar-refractivity contribution in [2.75, 3.05) is 0 Å². The molecule has 0 saturated carbocycles. The minimum atomic E-state index is -0.352. The van der Waals surface area contributed by atoms with E-state index in [2.05, 4.69) is 119 Å². The molecule has 0 unspecified atom stereocenters. The lowest BCUT2D eigenvalue weighted by Gasteiger charge is -2.30. The molecule has 0 saturated heterocycles. The second-order valence-corrected chi connectivity index (χ2v) is 8.00. The molecular weight excluding hydrogens is 412 g/mol. The maximum atomic E-state index is 4.07. The zero-order chi connectivity index (χ0) is 16.4. The van der Waals surface area contributed by atoms with Gasteiger partial charge >= 0.3 is 0 Å². The maximum absolute atomic E-state index is 4.07. The van der Waals surface area contributed by atoms with Crippen LogP contribution < -0.4 is 0 Å². The fourth-order valence-corrected chi connectivity index (χ4v) is 3.80. The quantitative estimate of drug-likeness (QED) is 0.319. The highest BCUT2D eigenvalue weighted by atomic mass is 79.9. The van der Waals surface area contributed by atoms with Crippen molar-refractivity contribution in [3.8, 4) is 0 Å². The summed E-state index contributed by atoms with van der Waals surface area (Å²) in [7, 11) is 0. The van der Waals surface area contributed by atoms with Crippen LogP contribution in [0.25, 0.3) is 0 Å². The molecule has 116 valence electrons. The lowest BCUT2D eigenvalue weighted by molar-refractivity contribution is 0.914. The molecule has 2 heteroatoms. The first-order chi connectivity index (χ1) is 11.0. The van der Waals surface area contributed by atoms with Gasteiger partial charge in [0, 0.05) is 4.47 Å². The maximum Gasteiger partial charge on any atom is 0.100 e. The molecule has 0 N–H and O–H groups in total. The molecule has 0 aliphatic carbocycles. The molecule has 0 atom stereocenters. The van der Waals surface area contributed by atoms with Gasteiger partial charge in [-0.15, -0.1) is 0 Å². The van der Waals surface area contributed by atoms with E-state index in [1.54, 1.807) is 0 Å². The molecule has 0 heterocycles. The van der Waals surface area contributed by atoms with Crippen molar-refractivity contribution >= 4 is 31.9 Å². The molecule has 3 rings (SSSR count). The first-order valence-corrected chi connectivity index (χ1v) is 9.18. The van der Waals surface area contributed by atoms with Crippen LogP contribution in [0.3, 0.4) is 0 Å². The van der Waals surface area contributed by atoms with Crippen LogP contribution in [0.2, 0.25) is 0 Å². The smallest absolute Gasteiger partial charge is 0.0696 e. The Hall–Kier alpha value is -1.38. The lowest BCUT2D eigenvalue weighted by Crippen LogP contribution is -2.21. The Balaban J connectivity index is 2.21. The third kappa shape index (κ3) is 3.29. The molecule has 0 nitrogen and oxygen atoms in total. The van der Waals surface area contributed by atoms with Crippen molar-refractivity contribution in [3.05, 3.63) is 105 Å². The van der Waals surface area contributed by atoms with Crippen molar-refractivity contribution < 1.29 is 0 Å². The normalized spacial score (nSPS) is 11.5. The van der Waals surface area contributed by atoms with E-state index in [-0.39, 0.29) is 4.32 Å². The monoisotopic (exact) mass is 428 g/mol. The molecule has 23 heavy (non-hydrogen) atoms. The van der Waals surface area contributed by atoms with Crippen LogP contribution in [0.15, 0.2) is 77.3 Å². The van der Waals surface area contributed by atoms with E-state index in [0.717, 1.165) is 4.47 Å². The highest BCUT2D eigenvalue weighted by Crippen LogP contribution is 2.45. The average molecular weight is 430 g/mol. The summed E-state index contributed by atoms with van der Waals surface area (Å²) in [6, 6.07) is 26.0. The van der Waals surface area contributed by atoms with Gasteiger partial charge in [-0.3, -0.25) is 0 Å². The van der Waals surface area contributed by atoms with Crippen molar-refractivity contribution in [2.45, 2.75) is 18.2 Å². The summed E-state index contributed by atoms with van der Waals surface area (Å²) in [6.07, 6.45) is 0. The molecule has 0 aromatic heterocycles. The van der Waals surface area contributed by atoms with E-state index in [1.165, 1.54) is 27.8 Å². The van der Waals surface area contributed by atoms with Crippen LogP contribution >= 0.6 is 31.9 Å². The largest absolute Gasteiger partial charge is 0.100 e. The zero-order valence-electron chi connectivity index (χ0n) is 13.2. The molecule has 0 radical (unpaired) electrons. The minimum Gasteiger partial charge on any atom is -0.0696 e. The van der Waals surface area contributed by atoms with Crippen LogP contribution in [0.4, 0.5) is 0 Å². The average Bonchev–Trinajstić information content (AvgIpc) is 2.56. The first-order valence-electron chi connectivity index (χ1n) is 7.59. The third-order valence-electron chi connectivity index (χ3n) is 4.14. The fraction of sp³-hybridized carbons (Fsp3) is 0.143. The lowest BCUT2D eigenvalue weighted by atomic mass is 9.84. The topological polar surface area (TPSA) is 0 Å². The summed E-state index contributed by atoms with van der Waals surface area (Å²) in [6.45, 7) is 4.23. The number of hydrogen-bond donors (Lipinski definition) is 0. The van der Waals surface area contributed by atoms with Gasteiger partial charge in [-0.25, -0.2) is 0 Å². The Labute approximate surface area is 154 Å².